The molecule has 0 aliphatic rings. The average Bonchev–Trinajstić information content (AvgIpc) is 3.11. The van der Waals surface area contributed by atoms with E-state index in [0.29, 0.717) is 0 Å². The van der Waals surface area contributed by atoms with Crippen molar-refractivity contribution in [3.63, 3.8) is 0 Å². The number of benzene rings is 9. The van der Waals surface area contributed by atoms with Crippen molar-refractivity contribution in [2.75, 3.05) is 0 Å². The molecule has 0 heteroatoms. The zero-order valence-electron chi connectivity index (χ0n) is 24.2. The summed E-state index contributed by atoms with van der Waals surface area (Å²) in [6.07, 6.45) is 0. The fourth-order valence-corrected chi connectivity index (χ4v) is 7.26. The van der Waals surface area contributed by atoms with E-state index in [2.05, 4.69) is 170 Å². The van der Waals surface area contributed by atoms with Crippen molar-refractivity contribution < 1.29 is 0 Å². The molecule has 0 aliphatic carbocycles. The van der Waals surface area contributed by atoms with Gasteiger partial charge in [0.2, 0.25) is 0 Å². The van der Waals surface area contributed by atoms with E-state index in [1.165, 1.54) is 87.2 Å². The highest BCUT2D eigenvalue weighted by atomic mass is 14.2. The molecule has 0 spiro atoms. The molecule has 0 atom stereocenters. The third kappa shape index (κ3) is 3.78. The van der Waals surface area contributed by atoms with E-state index < -0.39 is 0 Å². The van der Waals surface area contributed by atoms with Crippen LogP contribution in [0.3, 0.4) is 0 Å². The number of fused-ring (bicyclic) bond motifs is 7. The Labute approximate surface area is 256 Å². The van der Waals surface area contributed by atoms with E-state index in [9.17, 15) is 0 Å². The summed E-state index contributed by atoms with van der Waals surface area (Å²) in [6, 6.07) is 62.3. The lowest BCUT2D eigenvalue weighted by atomic mass is 9.82. The second kappa shape index (κ2) is 9.93. The maximum Gasteiger partial charge on any atom is -0.00141 e. The van der Waals surface area contributed by atoms with E-state index in [1.807, 2.05) is 0 Å². The second-order valence-electron chi connectivity index (χ2n) is 11.6. The van der Waals surface area contributed by atoms with Gasteiger partial charge < -0.3 is 0 Å². The molecule has 0 amide bonds. The molecule has 9 rings (SSSR count). The third-order valence-corrected chi connectivity index (χ3v) is 9.23. The van der Waals surface area contributed by atoms with Crippen molar-refractivity contribution in [3.05, 3.63) is 170 Å². The van der Waals surface area contributed by atoms with Crippen LogP contribution in [-0.2, 0) is 0 Å². The van der Waals surface area contributed by atoms with Gasteiger partial charge in [0.15, 0.2) is 0 Å². The molecule has 0 N–H and O–H groups in total. The summed E-state index contributed by atoms with van der Waals surface area (Å²) < 4.78 is 0. The Morgan fingerprint density at radius 2 is 0.773 bits per heavy atom. The van der Waals surface area contributed by atoms with Crippen molar-refractivity contribution in [2.24, 2.45) is 0 Å². The van der Waals surface area contributed by atoms with Gasteiger partial charge in [-0.15, -0.1) is 0 Å². The average molecular weight is 557 g/mol. The van der Waals surface area contributed by atoms with Crippen LogP contribution in [0.2, 0.25) is 0 Å². The summed E-state index contributed by atoms with van der Waals surface area (Å²) in [5.74, 6) is 0. The summed E-state index contributed by atoms with van der Waals surface area (Å²) in [5, 5.41) is 12.8. The van der Waals surface area contributed by atoms with E-state index in [0.717, 1.165) is 0 Å². The molecule has 0 unspecified atom stereocenters. The molecule has 0 bridgehead atoms. The van der Waals surface area contributed by atoms with Crippen LogP contribution in [0.15, 0.2) is 170 Å². The number of rotatable bonds is 3. The van der Waals surface area contributed by atoms with Gasteiger partial charge in [0.05, 0.1) is 0 Å². The first-order valence-electron chi connectivity index (χ1n) is 15.3. The lowest BCUT2D eigenvalue weighted by molar-refractivity contribution is 1.61. The lowest BCUT2D eigenvalue weighted by Crippen LogP contribution is -1.93. The Bertz CT molecular complexity index is 2520. The smallest absolute Gasteiger partial charge is 0.00141 e. The fourth-order valence-electron chi connectivity index (χ4n) is 7.26. The Kier molecular flexibility index (Phi) is 5.61. The van der Waals surface area contributed by atoms with Gasteiger partial charge >= 0.3 is 0 Å². The van der Waals surface area contributed by atoms with Crippen molar-refractivity contribution in [1.29, 1.82) is 0 Å². The van der Waals surface area contributed by atoms with E-state index in [1.54, 1.807) is 0 Å². The van der Waals surface area contributed by atoms with Crippen LogP contribution < -0.4 is 0 Å². The Morgan fingerprint density at radius 3 is 1.52 bits per heavy atom. The minimum Gasteiger partial charge on any atom is -0.0622 e. The Hall–Kier alpha value is -5.72. The molecular weight excluding hydrogens is 528 g/mol. The molecule has 0 aromatic heterocycles. The van der Waals surface area contributed by atoms with Crippen molar-refractivity contribution in [3.8, 4) is 33.4 Å². The summed E-state index contributed by atoms with van der Waals surface area (Å²) in [5.41, 5.74) is 7.57. The minimum absolute atomic E-state index is 1.23. The molecule has 0 nitrogen and oxygen atoms in total. The maximum absolute atomic E-state index is 2.41. The van der Waals surface area contributed by atoms with Gasteiger partial charge in [-0.3, -0.25) is 0 Å². The molecule has 9 aromatic carbocycles. The van der Waals surface area contributed by atoms with E-state index in [4.69, 9.17) is 0 Å². The summed E-state index contributed by atoms with van der Waals surface area (Å²) in [7, 11) is 0. The van der Waals surface area contributed by atoms with Crippen LogP contribution in [0.1, 0.15) is 0 Å². The Morgan fingerprint density at radius 1 is 0.250 bits per heavy atom. The normalized spacial score (nSPS) is 11.6. The van der Waals surface area contributed by atoms with Gasteiger partial charge in [0.25, 0.3) is 0 Å². The van der Waals surface area contributed by atoms with Crippen LogP contribution >= 0.6 is 0 Å². The zero-order valence-corrected chi connectivity index (χ0v) is 24.2. The van der Waals surface area contributed by atoms with Gasteiger partial charge in [0.1, 0.15) is 0 Å². The van der Waals surface area contributed by atoms with Gasteiger partial charge in [0, 0.05) is 0 Å². The Balaban J connectivity index is 1.44. The largest absolute Gasteiger partial charge is 0.0622 e. The highest BCUT2D eigenvalue weighted by molar-refractivity contribution is 6.30. The lowest BCUT2D eigenvalue weighted by Gasteiger charge is -2.21. The first-order chi connectivity index (χ1) is 21.8. The maximum atomic E-state index is 2.41. The molecule has 204 valence electrons. The second-order valence-corrected chi connectivity index (χ2v) is 11.6. The van der Waals surface area contributed by atoms with Crippen LogP contribution in [0, 0.1) is 0 Å². The molecule has 0 heterocycles. The molecule has 0 saturated carbocycles. The monoisotopic (exact) mass is 556 g/mol. The number of hydrogen-bond acceptors (Lipinski definition) is 0. The van der Waals surface area contributed by atoms with Crippen LogP contribution in [-0.4, -0.2) is 0 Å². The van der Waals surface area contributed by atoms with E-state index >= 15 is 0 Å². The minimum atomic E-state index is 1.23. The van der Waals surface area contributed by atoms with Crippen molar-refractivity contribution in [1.82, 2.24) is 0 Å². The molecule has 0 fully saturated rings. The fraction of sp³-hybridized carbons (Fsp3) is 0. The van der Waals surface area contributed by atoms with Gasteiger partial charge in [-0.1, -0.05) is 164 Å². The predicted molar refractivity (Wildman–Crippen MR) is 190 cm³/mol. The molecular formula is C44H28. The molecule has 44 heavy (non-hydrogen) atoms. The molecule has 9 aromatic rings. The topological polar surface area (TPSA) is 0 Å². The highest BCUT2D eigenvalue weighted by Gasteiger charge is 2.20. The summed E-state index contributed by atoms with van der Waals surface area (Å²) >= 11 is 0. The van der Waals surface area contributed by atoms with Crippen LogP contribution in [0.4, 0.5) is 0 Å². The van der Waals surface area contributed by atoms with Crippen molar-refractivity contribution in [2.45, 2.75) is 0 Å². The van der Waals surface area contributed by atoms with Gasteiger partial charge in [-0.05, 0) is 93.3 Å². The third-order valence-electron chi connectivity index (χ3n) is 9.23. The van der Waals surface area contributed by atoms with Gasteiger partial charge in [-0.25, -0.2) is 0 Å². The molecule has 0 saturated heterocycles. The number of hydrogen-bond donors (Lipinski definition) is 0. The molecule has 0 aliphatic heterocycles. The predicted octanol–water partition coefficient (Wildman–Crippen LogP) is 12.5. The standard InChI is InChI=1S/C44H28/c1-2-12-29(13-3-1)30-22-24-32(25-23-30)42-38-20-10-11-21-39(38)43(40-27-26-31-14-4-7-17-35(31)44(40)42)41-28-33-15-5-6-16-34(33)36-18-8-9-19-37(36)41/h1-28H. The SMILES string of the molecule is c1ccc(-c2ccc(-c3c4ccccc4c(-c4cc5ccccc5c5ccccc45)c4ccc5ccccc5c34)cc2)cc1. The zero-order chi connectivity index (χ0) is 29.0. The van der Waals surface area contributed by atoms with Crippen molar-refractivity contribution >= 4 is 53.9 Å². The van der Waals surface area contributed by atoms with E-state index in [-0.39, 0.29) is 0 Å². The first kappa shape index (κ1) is 24.8. The summed E-state index contributed by atoms with van der Waals surface area (Å²) in [6.45, 7) is 0. The molecule has 0 radical (unpaired) electrons. The quantitative estimate of drug-likeness (QED) is 0.150. The first-order valence-corrected chi connectivity index (χ1v) is 15.3. The summed E-state index contributed by atoms with van der Waals surface area (Å²) in [4.78, 5) is 0. The van der Waals surface area contributed by atoms with Crippen LogP contribution in [0.25, 0.3) is 87.2 Å². The van der Waals surface area contributed by atoms with Crippen LogP contribution in [0.5, 0.6) is 0 Å². The highest BCUT2D eigenvalue weighted by Crippen LogP contribution is 2.48. The van der Waals surface area contributed by atoms with Gasteiger partial charge in [-0.2, -0.15) is 0 Å².